The lowest BCUT2D eigenvalue weighted by molar-refractivity contribution is 0.374. The molecular formula is C10H14ClN5O. The summed E-state index contributed by atoms with van der Waals surface area (Å²) in [6.07, 6.45) is 4.37. The Morgan fingerprint density at radius 2 is 2.35 bits per heavy atom. The van der Waals surface area contributed by atoms with E-state index in [-0.39, 0.29) is 0 Å². The summed E-state index contributed by atoms with van der Waals surface area (Å²) in [5.41, 5.74) is 0.935. The van der Waals surface area contributed by atoms with Crippen LogP contribution >= 0.6 is 11.6 Å². The van der Waals surface area contributed by atoms with Crippen molar-refractivity contribution in [3.05, 3.63) is 23.6 Å². The zero-order chi connectivity index (χ0) is 12.1. The molecule has 0 radical (unpaired) electrons. The Bertz CT molecular complexity index is 467. The van der Waals surface area contributed by atoms with Gasteiger partial charge in [0.15, 0.2) is 5.82 Å². The molecule has 0 aromatic carbocycles. The molecule has 0 N–H and O–H groups in total. The summed E-state index contributed by atoms with van der Waals surface area (Å²) in [4.78, 5) is 4.21. The highest BCUT2D eigenvalue weighted by Crippen LogP contribution is 2.03. The molecule has 0 aliphatic heterocycles. The molecule has 17 heavy (non-hydrogen) atoms. The highest BCUT2D eigenvalue weighted by atomic mass is 35.5. The molecule has 0 spiro atoms. The second-order valence-corrected chi connectivity index (χ2v) is 4.04. The first kappa shape index (κ1) is 12.0. The molecule has 0 aliphatic rings. The van der Waals surface area contributed by atoms with Gasteiger partial charge in [-0.2, -0.15) is 4.98 Å². The van der Waals surface area contributed by atoms with E-state index in [1.807, 2.05) is 13.1 Å². The minimum Gasteiger partial charge on any atom is -0.339 e. The summed E-state index contributed by atoms with van der Waals surface area (Å²) in [5.74, 6) is 1.90. The molecule has 0 bridgehead atoms. The smallest absolute Gasteiger partial charge is 0.226 e. The first-order valence-electron chi connectivity index (χ1n) is 5.58. The highest BCUT2D eigenvalue weighted by molar-refractivity contribution is 6.17. The van der Waals surface area contributed by atoms with Crippen LogP contribution < -0.4 is 0 Å². The maximum absolute atomic E-state index is 5.62. The molecule has 92 valence electrons. The van der Waals surface area contributed by atoms with Crippen LogP contribution in [0.15, 0.2) is 10.7 Å². The molecule has 0 saturated heterocycles. The molecule has 0 saturated carbocycles. The molecule has 7 heteroatoms. The van der Waals surface area contributed by atoms with Crippen LogP contribution in [0.25, 0.3) is 0 Å². The van der Waals surface area contributed by atoms with Crippen molar-refractivity contribution in [3.63, 3.8) is 0 Å². The van der Waals surface area contributed by atoms with Crippen molar-refractivity contribution in [1.82, 2.24) is 25.1 Å². The van der Waals surface area contributed by atoms with Gasteiger partial charge in [0.1, 0.15) is 6.54 Å². The normalized spacial score (nSPS) is 10.9. The molecule has 6 nitrogen and oxygen atoms in total. The lowest BCUT2D eigenvalue weighted by Crippen LogP contribution is -2.02. The quantitative estimate of drug-likeness (QED) is 0.731. The predicted molar refractivity (Wildman–Crippen MR) is 61.8 cm³/mol. The molecule has 0 atom stereocenters. The summed E-state index contributed by atoms with van der Waals surface area (Å²) in [7, 11) is 0. The van der Waals surface area contributed by atoms with Gasteiger partial charge in [0, 0.05) is 18.5 Å². The highest BCUT2D eigenvalue weighted by Gasteiger charge is 2.07. The first-order chi connectivity index (χ1) is 8.31. The van der Waals surface area contributed by atoms with Crippen molar-refractivity contribution in [2.24, 2.45) is 0 Å². The molecule has 2 aromatic rings. The van der Waals surface area contributed by atoms with Crippen molar-refractivity contribution in [2.45, 2.75) is 32.7 Å². The summed E-state index contributed by atoms with van der Waals surface area (Å²) in [5, 5.41) is 11.9. The Labute approximate surface area is 104 Å². The van der Waals surface area contributed by atoms with E-state index in [0.29, 0.717) is 24.1 Å². The van der Waals surface area contributed by atoms with E-state index in [2.05, 4.69) is 20.5 Å². The zero-order valence-corrected chi connectivity index (χ0v) is 10.4. The lowest BCUT2D eigenvalue weighted by Gasteiger charge is -1.92. The van der Waals surface area contributed by atoms with Crippen LogP contribution in [0.3, 0.4) is 0 Å². The van der Waals surface area contributed by atoms with Gasteiger partial charge in [0.05, 0.1) is 5.69 Å². The van der Waals surface area contributed by atoms with Gasteiger partial charge < -0.3 is 4.52 Å². The molecule has 2 rings (SSSR count). The van der Waals surface area contributed by atoms with Gasteiger partial charge in [0.25, 0.3) is 0 Å². The molecule has 0 aliphatic carbocycles. The van der Waals surface area contributed by atoms with Crippen molar-refractivity contribution in [3.8, 4) is 0 Å². The van der Waals surface area contributed by atoms with Crippen molar-refractivity contribution < 1.29 is 4.52 Å². The van der Waals surface area contributed by atoms with Gasteiger partial charge in [-0.25, -0.2) is 4.68 Å². The lowest BCUT2D eigenvalue weighted by atomic mass is 10.3. The largest absolute Gasteiger partial charge is 0.339 e. The maximum atomic E-state index is 5.62. The summed E-state index contributed by atoms with van der Waals surface area (Å²) in [6, 6.07) is 0. The molecule has 2 aromatic heterocycles. The van der Waals surface area contributed by atoms with E-state index in [0.717, 1.165) is 25.0 Å². The van der Waals surface area contributed by atoms with Crippen LogP contribution in [0.4, 0.5) is 0 Å². The number of aryl methyl sites for hydroxylation is 2. The van der Waals surface area contributed by atoms with Crippen LogP contribution in [0.5, 0.6) is 0 Å². The van der Waals surface area contributed by atoms with Gasteiger partial charge in [-0.15, -0.1) is 16.7 Å². The van der Waals surface area contributed by atoms with Gasteiger partial charge >= 0.3 is 0 Å². The van der Waals surface area contributed by atoms with E-state index in [1.54, 1.807) is 4.68 Å². The van der Waals surface area contributed by atoms with E-state index in [9.17, 15) is 0 Å². The third-order valence-corrected chi connectivity index (χ3v) is 2.54. The topological polar surface area (TPSA) is 69.6 Å². The van der Waals surface area contributed by atoms with Crippen LogP contribution in [-0.2, 0) is 19.4 Å². The fourth-order valence-corrected chi connectivity index (χ4v) is 1.55. The van der Waals surface area contributed by atoms with Gasteiger partial charge in [-0.1, -0.05) is 17.3 Å². The summed E-state index contributed by atoms with van der Waals surface area (Å²) >= 11 is 5.62. The molecule has 0 amide bonds. The van der Waals surface area contributed by atoms with E-state index < -0.39 is 0 Å². The van der Waals surface area contributed by atoms with E-state index in [1.165, 1.54) is 0 Å². The van der Waals surface area contributed by atoms with Crippen LogP contribution in [0.2, 0.25) is 0 Å². The standard InChI is InChI=1S/C10H14ClN5O/c1-2-10-12-9(14-17-10)7-16-6-8(13-15-16)4-3-5-11/h6H,2-5,7H2,1H3. The minimum absolute atomic E-state index is 0.484. The Morgan fingerprint density at radius 1 is 1.47 bits per heavy atom. The van der Waals surface area contributed by atoms with Gasteiger partial charge in [-0.3, -0.25) is 0 Å². The maximum Gasteiger partial charge on any atom is 0.226 e. The van der Waals surface area contributed by atoms with Crippen molar-refractivity contribution in [1.29, 1.82) is 0 Å². The Balaban J connectivity index is 1.96. The van der Waals surface area contributed by atoms with Gasteiger partial charge in [0.2, 0.25) is 5.89 Å². The predicted octanol–water partition coefficient (Wildman–Crippen LogP) is 1.44. The second-order valence-electron chi connectivity index (χ2n) is 3.66. The van der Waals surface area contributed by atoms with Crippen LogP contribution in [0.1, 0.15) is 30.8 Å². The minimum atomic E-state index is 0.484. The molecule has 2 heterocycles. The number of hydrogen-bond acceptors (Lipinski definition) is 5. The third kappa shape index (κ3) is 3.26. The number of alkyl halides is 1. The molecular weight excluding hydrogens is 242 g/mol. The number of hydrogen-bond donors (Lipinski definition) is 0. The number of nitrogens with zero attached hydrogens (tertiary/aromatic N) is 5. The third-order valence-electron chi connectivity index (χ3n) is 2.27. The zero-order valence-electron chi connectivity index (χ0n) is 9.64. The van der Waals surface area contributed by atoms with Crippen LogP contribution in [0, 0.1) is 0 Å². The molecule has 0 fully saturated rings. The summed E-state index contributed by atoms with van der Waals surface area (Å²) < 4.78 is 6.72. The SMILES string of the molecule is CCc1nc(Cn2cc(CCCCl)nn2)no1. The first-order valence-corrected chi connectivity index (χ1v) is 6.11. The second kappa shape index (κ2) is 5.77. The Hall–Kier alpha value is -1.43. The Kier molecular flexibility index (Phi) is 4.08. The van der Waals surface area contributed by atoms with Crippen molar-refractivity contribution >= 4 is 11.6 Å². The fourth-order valence-electron chi connectivity index (χ4n) is 1.42. The summed E-state index contributed by atoms with van der Waals surface area (Å²) in [6.45, 7) is 2.45. The van der Waals surface area contributed by atoms with E-state index >= 15 is 0 Å². The number of halogens is 1. The molecule has 0 unspecified atom stereocenters. The van der Waals surface area contributed by atoms with Gasteiger partial charge in [-0.05, 0) is 12.8 Å². The monoisotopic (exact) mass is 255 g/mol. The van der Waals surface area contributed by atoms with Crippen molar-refractivity contribution in [2.75, 3.05) is 5.88 Å². The Morgan fingerprint density at radius 3 is 3.06 bits per heavy atom. The average Bonchev–Trinajstić information content (AvgIpc) is 2.96. The average molecular weight is 256 g/mol. The van der Waals surface area contributed by atoms with Crippen LogP contribution in [-0.4, -0.2) is 31.0 Å². The van der Waals surface area contributed by atoms with E-state index in [4.69, 9.17) is 16.1 Å². The fraction of sp³-hybridized carbons (Fsp3) is 0.600. The number of rotatable bonds is 6. The number of aromatic nitrogens is 5.